The van der Waals surface area contributed by atoms with E-state index in [-0.39, 0.29) is 11.2 Å². The monoisotopic (exact) mass is 401 g/mol. The summed E-state index contributed by atoms with van der Waals surface area (Å²) in [5.41, 5.74) is 4.15. The van der Waals surface area contributed by atoms with Crippen LogP contribution in [0.3, 0.4) is 0 Å². The molecule has 4 nitrogen and oxygen atoms in total. The van der Waals surface area contributed by atoms with Crippen molar-refractivity contribution in [1.82, 2.24) is 4.98 Å². The van der Waals surface area contributed by atoms with Crippen molar-refractivity contribution in [1.29, 1.82) is 0 Å². The standard InChI is InChI=1S/C25H39NO3/c1-9-17(2)15-20(5)16-19(4)12-10-11-18(3)13-14-22-21(6)23(27)24(28-7)25(26-22)29-8/h9-10,12-13,19-20H,11,14-16H2,1-8H3,(H,26,27)/b12-10+,17-9+,18-13+/t19?,20-/m0/s1. The SMILES string of the molecule is C/C=C(\C)C[C@H](C)CC(C)/C=C/C/C(C)=C/Cc1[nH]c(OC)c(OC)c(=O)c1C. The van der Waals surface area contributed by atoms with Crippen molar-refractivity contribution in [3.05, 3.63) is 56.9 Å². The van der Waals surface area contributed by atoms with Crippen molar-refractivity contribution in [2.24, 2.45) is 11.8 Å². The number of H-pyrrole nitrogens is 1. The van der Waals surface area contributed by atoms with Crippen molar-refractivity contribution in [3.8, 4) is 11.6 Å². The van der Waals surface area contributed by atoms with Crippen LogP contribution in [0.1, 0.15) is 65.1 Å². The number of pyridine rings is 1. The van der Waals surface area contributed by atoms with E-state index in [2.05, 4.69) is 63.9 Å². The van der Waals surface area contributed by atoms with Gasteiger partial charge in [0.2, 0.25) is 17.1 Å². The van der Waals surface area contributed by atoms with Gasteiger partial charge in [0.1, 0.15) is 0 Å². The zero-order valence-electron chi connectivity index (χ0n) is 19.5. The van der Waals surface area contributed by atoms with E-state index in [1.807, 2.05) is 6.92 Å². The van der Waals surface area contributed by atoms with Gasteiger partial charge >= 0.3 is 0 Å². The summed E-state index contributed by atoms with van der Waals surface area (Å²) in [6, 6.07) is 0. The predicted molar refractivity (Wildman–Crippen MR) is 123 cm³/mol. The van der Waals surface area contributed by atoms with Crippen LogP contribution in [0.25, 0.3) is 0 Å². The van der Waals surface area contributed by atoms with Gasteiger partial charge in [-0.25, -0.2) is 0 Å². The lowest BCUT2D eigenvalue weighted by molar-refractivity contribution is 0.339. The number of aromatic amines is 1. The first-order chi connectivity index (χ1) is 13.7. The van der Waals surface area contributed by atoms with Crippen molar-refractivity contribution in [2.45, 2.75) is 67.2 Å². The van der Waals surface area contributed by atoms with Crippen LogP contribution >= 0.6 is 0 Å². The summed E-state index contributed by atoms with van der Waals surface area (Å²) in [4.78, 5) is 15.6. The minimum Gasteiger partial charge on any atom is -0.488 e. The van der Waals surface area contributed by atoms with Crippen LogP contribution in [-0.2, 0) is 6.42 Å². The first-order valence-electron chi connectivity index (χ1n) is 10.5. The van der Waals surface area contributed by atoms with Crippen LogP contribution < -0.4 is 14.9 Å². The van der Waals surface area contributed by atoms with E-state index in [4.69, 9.17) is 9.47 Å². The van der Waals surface area contributed by atoms with E-state index in [1.165, 1.54) is 38.2 Å². The smallest absolute Gasteiger partial charge is 0.238 e. The van der Waals surface area contributed by atoms with E-state index in [0.717, 1.165) is 12.1 Å². The lowest BCUT2D eigenvalue weighted by Gasteiger charge is -2.14. The summed E-state index contributed by atoms with van der Waals surface area (Å²) in [7, 11) is 3.01. The van der Waals surface area contributed by atoms with Gasteiger partial charge in [-0.05, 0) is 58.8 Å². The Bertz CT molecular complexity index is 799. The molecule has 1 heterocycles. The molecule has 0 radical (unpaired) electrons. The molecule has 0 saturated heterocycles. The van der Waals surface area contributed by atoms with Gasteiger partial charge in [0.05, 0.1) is 14.2 Å². The number of allylic oxidation sites excluding steroid dienone is 6. The molecule has 0 bridgehead atoms. The molecule has 0 spiro atoms. The third-order valence-corrected chi connectivity index (χ3v) is 5.37. The Hall–Kier alpha value is -2.23. The second kappa shape index (κ2) is 12.4. The molecule has 1 N–H and O–H groups in total. The lowest BCUT2D eigenvalue weighted by atomic mass is 9.91. The van der Waals surface area contributed by atoms with Gasteiger partial charge in [0.25, 0.3) is 0 Å². The fourth-order valence-corrected chi connectivity index (χ4v) is 3.54. The first kappa shape index (κ1) is 24.8. The van der Waals surface area contributed by atoms with Gasteiger partial charge in [0, 0.05) is 17.7 Å². The molecule has 162 valence electrons. The Morgan fingerprint density at radius 1 is 1.14 bits per heavy atom. The molecular weight excluding hydrogens is 362 g/mol. The molecule has 4 heteroatoms. The normalized spacial score (nSPS) is 14.9. The quantitative estimate of drug-likeness (QED) is 0.452. The Kier molecular flexibility index (Phi) is 10.6. The molecule has 0 saturated carbocycles. The lowest BCUT2D eigenvalue weighted by Crippen LogP contribution is -2.15. The highest BCUT2D eigenvalue weighted by atomic mass is 16.5. The summed E-state index contributed by atoms with van der Waals surface area (Å²) in [6.07, 6.45) is 12.9. The highest BCUT2D eigenvalue weighted by molar-refractivity contribution is 5.40. The predicted octanol–water partition coefficient (Wildman–Crippen LogP) is 6.15. The van der Waals surface area contributed by atoms with E-state index < -0.39 is 0 Å². The zero-order valence-corrected chi connectivity index (χ0v) is 19.5. The second-order valence-electron chi connectivity index (χ2n) is 8.17. The first-order valence-corrected chi connectivity index (χ1v) is 10.5. The number of aromatic nitrogens is 1. The Labute approximate surface area is 176 Å². The minimum atomic E-state index is -0.125. The number of rotatable bonds is 11. The maximum atomic E-state index is 12.4. The Balaban J connectivity index is 2.68. The number of nitrogens with one attached hydrogen (secondary N) is 1. The molecule has 0 fully saturated rings. The minimum absolute atomic E-state index is 0.125. The Morgan fingerprint density at radius 3 is 2.41 bits per heavy atom. The number of ether oxygens (including phenoxy) is 2. The maximum Gasteiger partial charge on any atom is 0.238 e. The van der Waals surface area contributed by atoms with Gasteiger partial charge in [-0.1, -0.05) is 49.3 Å². The van der Waals surface area contributed by atoms with Gasteiger partial charge in [-0.2, -0.15) is 0 Å². The molecule has 29 heavy (non-hydrogen) atoms. The molecule has 1 unspecified atom stereocenters. The van der Waals surface area contributed by atoms with Crippen molar-refractivity contribution >= 4 is 0 Å². The van der Waals surface area contributed by atoms with E-state index in [0.29, 0.717) is 29.7 Å². The number of hydrogen-bond acceptors (Lipinski definition) is 3. The van der Waals surface area contributed by atoms with Gasteiger partial charge in [-0.3, -0.25) is 4.79 Å². The van der Waals surface area contributed by atoms with Crippen LogP contribution in [0.4, 0.5) is 0 Å². The van der Waals surface area contributed by atoms with Crippen molar-refractivity contribution in [2.75, 3.05) is 14.2 Å². The molecule has 0 amide bonds. The summed E-state index contributed by atoms with van der Waals surface area (Å²) < 4.78 is 10.4. The van der Waals surface area contributed by atoms with E-state index >= 15 is 0 Å². The van der Waals surface area contributed by atoms with Crippen LogP contribution in [0.5, 0.6) is 11.6 Å². The third-order valence-electron chi connectivity index (χ3n) is 5.37. The fourth-order valence-electron chi connectivity index (χ4n) is 3.54. The largest absolute Gasteiger partial charge is 0.488 e. The second-order valence-corrected chi connectivity index (χ2v) is 8.17. The average molecular weight is 402 g/mol. The average Bonchev–Trinajstić information content (AvgIpc) is 2.68. The molecule has 2 atom stereocenters. The van der Waals surface area contributed by atoms with Crippen LogP contribution in [0.15, 0.2) is 40.2 Å². The molecule has 1 aromatic heterocycles. The molecule has 0 aromatic carbocycles. The van der Waals surface area contributed by atoms with Gasteiger partial charge in [-0.15, -0.1) is 0 Å². The third kappa shape index (κ3) is 7.96. The summed E-state index contributed by atoms with van der Waals surface area (Å²) in [5.74, 6) is 1.88. The molecular formula is C25H39NO3. The Morgan fingerprint density at radius 2 is 1.83 bits per heavy atom. The molecule has 0 aliphatic carbocycles. The molecule has 1 rings (SSSR count). The van der Waals surface area contributed by atoms with Gasteiger partial charge in [0.15, 0.2) is 0 Å². The van der Waals surface area contributed by atoms with Gasteiger partial charge < -0.3 is 14.5 Å². The number of methoxy groups -OCH3 is 2. The summed E-state index contributed by atoms with van der Waals surface area (Å²) in [5, 5.41) is 0. The highest BCUT2D eigenvalue weighted by Crippen LogP contribution is 2.23. The van der Waals surface area contributed by atoms with Crippen molar-refractivity contribution < 1.29 is 9.47 Å². The van der Waals surface area contributed by atoms with Crippen LogP contribution in [0.2, 0.25) is 0 Å². The number of hydrogen-bond donors (Lipinski definition) is 1. The fraction of sp³-hybridized carbons (Fsp3) is 0.560. The topological polar surface area (TPSA) is 51.3 Å². The molecule has 1 aromatic rings. The van der Waals surface area contributed by atoms with Crippen LogP contribution in [-0.4, -0.2) is 19.2 Å². The van der Waals surface area contributed by atoms with Crippen LogP contribution in [0, 0.1) is 18.8 Å². The highest BCUT2D eigenvalue weighted by Gasteiger charge is 2.14. The van der Waals surface area contributed by atoms with E-state index in [1.54, 1.807) is 0 Å². The maximum absolute atomic E-state index is 12.4. The summed E-state index contributed by atoms with van der Waals surface area (Å²) >= 11 is 0. The van der Waals surface area contributed by atoms with Crippen molar-refractivity contribution in [3.63, 3.8) is 0 Å². The molecule has 0 aliphatic rings. The zero-order chi connectivity index (χ0) is 22.0. The summed E-state index contributed by atoms with van der Waals surface area (Å²) in [6.45, 7) is 12.9. The van der Waals surface area contributed by atoms with E-state index in [9.17, 15) is 4.79 Å². The molecule has 0 aliphatic heterocycles.